The molecule has 1 aromatic heterocycles. The SMILES string of the molecule is Cl.FC(F)(F)Sc1ccccc1[C@@H](c1ccsc1)N1CCNCC1. The van der Waals surface area contributed by atoms with E-state index in [1.807, 2.05) is 29.0 Å². The van der Waals surface area contributed by atoms with Crippen LogP contribution in [-0.4, -0.2) is 36.6 Å². The van der Waals surface area contributed by atoms with Gasteiger partial charge in [0.15, 0.2) is 0 Å². The maximum Gasteiger partial charge on any atom is 0.446 e. The zero-order valence-electron chi connectivity index (χ0n) is 12.8. The maximum absolute atomic E-state index is 12.9. The minimum atomic E-state index is -4.28. The number of alkyl halides is 3. The molecule has 24 heavy (non-hydrogen) atoms. The molecule has 1 aliphatic heterocycles. The van der Waals surface area contributed by atoms with Crippen LogP contribution in [0.1, 0.15) is 17.2 Å². The van der Waals surface area contributed by atoms with E-state index in [0.29, 0.717) is 0 Å². The van der Waals surface area contributed by atoms with E-state index < -0.39 is 5.51 Å². The molecule has 0 bridgehead atoms. The predicted molar refractivity (Wildman–Crippen MR) is 96.2 cm³/mol. The first-order valence-corrected chi connectivity index (χ1v) is 9.12. The van der Waals surface area contributed by atoms with Gasteiger partial charge in [0.2, 0.25) is 0 Å². The third kappa shape index (κ3) is 4.89. The number of thiophene rings is 1. The fourth-order valence-corrected chi connectivity index (χ4v) is 4.25. The van der Waals surface area contributed by atoms with Crippen molar-refractivity contribution in [2.75, 3.05) is 26.2 Å². The molecule has 2 nitrogen and oxygen atoms in total. The van der Waals surface area contributed by atoms with Crippen LogP contribution < -0.4 is 5.32 Å². The molecule has 2 heterocycles. The third-order valence-electron chi connectivity index (χ3n) is 3.81. The topological polar surface area (TPSA) is 15.3 Å². The van der Waals surface area contributed by atoms with Gasteiger partial charge >= 0.3 is 5.51 Å². The highest BCUT2D eigenvalue weighted by Crippen LogP contribution is 2.42. The number of benzene rings is 1. The number of hydrogen-bond acceptors (Lipinski definition) is 4. The second-order valence-electron chi connectivity index (χ2n) is 5.33. The largest absolute Gasteiger partial charge is 0.446 e. The van der Waals surface area contributed by atoms with Crippen molar-refractivity contribution in [1.29, 1.82) is 0 Å². The summed E-state index contributed by atoms with van der Waals surface area (Å²) in [6.07, 6.45) is 0. The van der Waals surface area contributed by atoms with E-state index in [1.54, 1.807) is 23.5 Å². The molecule has 1 aromatic carbocycles. The number of thioether (sulfide) groups is 1. The van der Waals surface area contributed by atoms with Crippen LogP contribution in [-0.2, 0) is 0 Å². The van der Waals surface area contributed by atoms with Gasteiger partial charge in [0.1, 0.15) is 0 Å². The molecule has 8 heteroatoms. The van der Waals surface area contributed by atoms with Gasteiger partial charge in [-0.15, -0.1) is 12.4 Å². The van der Waals surface area contributed by atoms with Gasteiger partial charge in [0.25, 0.3) is 0 Å². The Kier molecular flexibility index (Phi) is 7.00. The van der Waals surface area contributed by atoms with Gasteiger partial charge in [-0.25, -0.2) is 0 Å². The smallest absolute Gasteiger partial charge is 0.314 e. The Morgan fingerprint density at radius 1 is 1.12 bits per heavy atom. The normalized spacial score (nSPS) is 17.3. The summed E-state index contributed by atoms with van der Waals surface area (Å²) >= 11 is 1.55. The highest BCUT2D eigenvalue weighted by molar-refractivity contribution is 8.00. The fourth-order valence-electron chi connectivity index (χ4n) is 2.88. The lowest BCUT2D eigenvalue weighted by atomic mass is 9.99. The molecule has 3 rings (SSSR count). The second-order valence-corrected chi connectivity index (χ2v) is 7.22. The number of nitrogens with zero attached hydrogens (tertiary/aromatic N) is 1. The van der Waals surface area contributed by atoms with E-state index >= 15 is 0 Å². The minimum absolute atomic E-state index is 0. The summed E-state index contributed by atoms with van der Waals surface area (Å²) in [4.78, 5) is 2.55. The zero-order valence-corrected chi connectivity index (χ0v) is 15.2. The van der Waals surface area contributed by atoms with Gasteiger partial charge in [-0.2, -0.15) is 24.5 Å². The molecular weight excluding hydrogens is 377 g/mol. The summed E-state index contributed by atoms with van der Waals surface area (Å²) in [7, 11) is 0. The van der Waals surface area contributed by atoms with Crippen molar-refractivity contribution < 1.29 is 13.2 Å². The molecule has 0 unspecified atom stereocenters. The van der Waals surface area contributed by atoms with Crippen LogP contribution in [0.15, 0.2) is 46.0 Å². The summed E-state index contributed by atoms with van der Waals surface area (Å²) in [5.41, 5.74) is -2.49. The standard InChI is InChI=1S/C16H17F3N2S2.ClH/c17-16(18,19)23-14-4-2-1-3-13(14)15(12-5-10-22-11-12)21-8-6-20-7-9-21;/h1-5,10-11,15,20H,6-9H2;1H/t15-;/m1./s1. The van der Waals surface area contributed by atoms with Gasteiger partial charge in [0, 0.05) is 31.1 Å². The van der Waals surface area contributed by atoms with Crippen LogP contribution in [0, 0.1) is 0 Å². The van der Waals surface area contributed by atoms with Gasteiger partial charge in [-0.1, -0.05) is 18.2 Å². The Bertz CT molecular complexity index is 629. The van der Waals surface area contributed by atoms with Crippen LogP contribution >= 0.6 is 35.5 Å². The van der Waals surface area contributed by atoms with Crippen molar-refractivity contribution >= 4 is 35.5 Å². The van der Waals surface area contributed by atoms with Gasteiger partial charge < -0.3 is 5.32 Å². The maximum atomic E-state index is 12.9. The summed E-state index contributed by atoms with van der Waals surface area (Å²) in [6, 6.07) is 8.74. The molecule has 0 spiro atoms. The summed E-state index contributed by atoms with van der Waals surface area (Å²) in [5, 5.41) is 7.30. The zero-order chi connectivity index (χ0) is 16.3. The Labute approximate surface area is 153 Å². The van der Waals surface area contributed by atoms with Gasteiger partial charge in [-0.05, 0) is 45.8 Å². The molecule has 1 N–H and O–H groups in total. The van der Waals surface area contributed by atoms with Crippen LogP contribution in [0.2, 0.25) is 0 Å². The quantitative estimate of drug-likeness (QED) is 0.751. The lowest BCUT2D eigenvalue weighted by molar-refractivity contribution is -0.0328. The number of nitrogens with one attached hydrogen (secondary N) is 1. The average Bonchev–Trinajstić information content (AvgIpc) is 3.03. The van der Waals surface area contributed by atoms with Crippen molar-refractivity contribution in [2.45, 2.75) is 16.4 Å². The van der Waals surface area contributed by atoms with Crippen molar-refractivity contribution in [2.24, 2.45) is 0 Å². The molecular formula is C16H18ClF3N2S2. The van der Waals surface area contributed by atoms with Crippen LogP contribution in [0.4, 0.5) is 13.2 Å². The Balaban J connectivity index is 0.00000208. The minimum Gasteiger partial charge on any atom is -0.314 e. The number of halogens is 4. The monoisotopic (exact) mass is 394 g/mol. The van der Waals surface area contributed by atoms with Crippen LogP contribution in [0.3, 0.4) is 0 Å². The van der Waals surface area contributed by atoms with Crippen molar-refractivity contribution in [3.05, 3.63) is 52.2 Å². The first-order chi connectivity index (χ1) is 11.0. The fraction of sp³-hybridized carbons (Fsp3) is 0.375. The highest BCUT2D eigenvalue weighted by atomic mass is 35.5. The van der Waals surface area contributed by atoms with Crippen molar-refractivity contribution in [3.8, 4) is 0 Å². The lowest BCUT2D eigenvalue weighted by Gasteiger charge is -2.36. The van der Waals surface area contributed by atoms with E-state index in [4.69, 9.17) is 0 Å². The average molecular weight is 395 g/mol. The highest BCUT2D eigenvalue weighted by Gasteiger charge is 2.33. The first kappa shape index (κ1) is 19.6. The molecule has 1 saturated heterocycles. The van der Waals surface area contributed by atoms with Crippen molar-refractivity contribution in [1.82, 2.24) is 10.2 Å². The second kappa shape index (κ2) is 8.58. The van der Waals surface area contributed by atoms with E-state index in [2.05, 4.69) is 10.2 Å². The summed E-state index contributed by atoms with van der Waals surface area (Å²) in [6.45, 7) is 3.36. The molecule has 0 saturated carbocycles. The van der Waals surface area contributed by atoms with Crippen molar-refractivity contribution in [3.63, 3.8) is 0 Å². The van der Waals surface area contributed by atoms with Crippen LogP contribution in [0.5, 0.6) is 0 Å². The summed E-state index contributed by atoms with van der Waals surface area (Å²) in [5.74, 6) is 0. The molecule has 2 aromatic rings. The third-order valence-corrected chi connectivity index (χ3v) is 5.34. The van der Waals surface area contributed by atoms with Gasteiger partial charge in [-0.3, -0.25) is 4.90 Å². The molecule has 1 atom stereocenters. The van der Waals surface area contributed by atoms with E-state index in [0.717, 1.165) is 37.3 Å². The van der Waals surface area contributed by atoms with E-state index in [9.17, 15) is 13.2 Å². The molecule has 0 radical (unpaired) electrons. The number of rotatable bonds is 4. The molecule has 0 aliphatic carbocycles. The van der Waals surface area contributed by atoms with E-state index in [1.165, 1.54) is 0 Å². The molecule has 132 valence electrons. The number of hydrogen-bond donors (Lipinski definition) is 1. The van der Waals surface area contributed by atoms with Gasteiger partial charge in [0.05, 0.1) is 6.04 Å². The molecule has 1 fully saturated rings. The number of piperazine rings is 1. The Hall–Kier alpha value is -0.730. The lowest BCUT2D eigenvalue weighted by Crippen LogP contribution is -2.45. The molecule has 0 amide bonds. The van der Waals surface area contributed by atoms with E-state index in [-0.39, 0.29) is 35.1 Å². The summed E-state index contributed by atoms with van der Waals surface area (Å²) < 4.78 is 38.7. The Morgan fingerprint density at radius 3 is 2.46 bits per heavy atom. The Morgan fingerprint density at radius 2 is 1.83 bits per heavy atom. The first-order valence-electron chi connectivity index (χ1n) is 7.36. The van der Waals surface area contributed by atoms with Crippen LogP contribution in [0.25, 0.3) is 0 Å². The molecule has 1 aliphatic rings. The predicted octanol–water partition coefficient (Wildman–Crippen LogP) is 4.78.